The fourth-order valence-electron chi connectivity index (χ4n) is 6.17. The van der Waals surface area contributed by atoms with Gasteiger partial charge in [0.25, 0.3) is 11.5 Å². The Labute approximate surface area is 262 Å². The normalized spacial score (nSPS) is 19.1. The Morgan fingerprint density at radius 1 is 1.07 bits per heavy atom. The molecule has 2 aliphatic rings. The second kappa shape index (κ2) is 12.6. The van der Waals surface area contributed by atoms with Crippen molar-refractivity contribution in [3.05, 3.63) is 97.8 Å². The van der Waals surface area contributed by atoms with Gasteiger partial charge in [-0.3, -0.25) is 14.2 Å². The van der Waals surface area contributed by atoms with E-state index in [2.05, 4.69) is 15.6 Å². The highest BCUT2D eigenvalue weighted by Gasteiger charge is 2.33. The highest BCUT2D eigenvalue weighted by atomic mass is 19.1. The van der Waals surface area contributed by atoms with E-state index in [1.165, 1.54) is 45.5 Å². The minimum atomic E-state index is -0.921. The maximum atomic E-state index is 16.2. The highest BCUT2D eigenvalue weighted by Crippen LogP contribution is 2.41. The number of methoxy groups -OCH3 is 1. The number of ether oxygens (including phenoxy) is 2. The number of hydrogen-bond donors (Lipinski definition) is 3. The van der Waals surface area contributed by atoms with Crippen LogP contribution in [0.4, 0.5) is 14.5 Å². The minimum absolute atomic E-state index is 0.0570. The summed E-state index contributed by atoms with van der Waals surface area (Å²) in [6.45, 7) is 0.829. The first-order valence-corrected chi connectivity index (χ1v) is 14.8. The fourth-order valence-corrected chi connectivity index (χ4v) is 6.17. The van der Waals surface area contributed by atoms with Crippen molar-refractivity contribution >= 4 is 11.6 Å². The highest BCUT2D eigenvalue weighted by molar-refractivity contribution is 6.04. The maximum Gasteiger partial charge on any atom is 0.330 e. The molecule has 2 aromatic carbocycles. The molecule has 0 saturated carbocycles. The van der Waals surface area contributed by atoms with Gasteiger partial charge >= 0.3 is 5.69 Å². The van der Waals surface area contributed by atoms with Gasteiger partial charge in [0, 0.05) is 61.2 Å². The van der Waals surface area contributed by atoms with Crippen molar-refractivity contribution in [1.29, 1.82) is 0 Å². The number of pyridine rings is 1. The summed E-state index contributed by atoms with van der Waals surface area (Å²) in [4.78, 5) is 42.1. The standard InChI is InChI=1S/C33H33F2N5O6/c1-39-15-21(32(43)40(2)33(39)44)30(42)37-24-9-5-7-19(29(24)35)18-6-4-8-20(28(18)34)25-14-17-10-11-23(27(17)31(38-25)45-3)36-22-12-13-46-16-26(22)41/h4-9,14-15,22-23,26,36,41H,10-13,16H2,1-3H3,(H,37,42). The molecule has 6 rings (SSSR count). The molecule has 0 bridgehead atoms. The van der Waals surface area contributed by atoms with Gasteiger partial charge in [0.05, 0.1) is 31.2 Å². The molecule has 1 amide bonds. The van der Waals surface area contributed by atoms with E-state index in [4.69, 9.17) is 9.47 Å². The van der Waals surface area contributed by atoms with Crippen molar-refractivity contribution < 1.29 is 28.2 Å². The number of carbonyl (C=O) groups is 1. The molecule has 0 radical (unpaired) electrons. The van der Waals surface area contributed by atoms with Crippen molar-refractivity contribution in [2.75, 3.05) is 25.6 Å². The van der Waals surface area contributed by atoms with Crippen LogP contribution in [0, 0.1) is 11.6 Å². The number of nitrogens with one attached hydrogen (secondary N) is 2. The molecule has 3 heterocycles. The van der Waals surface area contributed by atoms with Gasteiger partial charge in [-0.15, -0.1) is 0 Å². The molecule has 1 aliphatic carbocycles. The molecule has 1 fully saturated rings. The zero-order valence-corrected chi connectivity index (χ0v) is 25.5. The number of aliphatic hydroxyl groups is 1. The average Bonchev–Trinajstić information content (AvgIpc) is 3.46. The lowest BCUT2D eigenvalue weighted by molar-refractivity contribution is -0.0304. The number of amides is 1. The first-order valence-electron chi connectivity index (χ1n) is 14.8. The molecule has 13 heteroatoms. The molecule has 3 atom stereocenters. The molecular weight excluding hydrogens is 600 g/mol. The van der Waals surface area contributed by atoms with Gasteiger partial charge in [0.15, 0.2) is 5.82 Å². The quantitative estimate of drug-likeness (QED) is 0.283. The number of aromatic nitrogens is 3. The van der Waals surface area contributed by atoms with Gasteiger partial charge in [-0.05, 0) is 43.0 Å². The summed E-state index contributed by atoms with van der Waals surface area (Å²) in [7, 11) is 4.12. The number of nitrogens with zero attached hydrogens (tertiary/aromatic N) is 3. The number of halogens is 2. The number of rotatable bonds is 7. The largest absolute Gasteiger partial charge is 0.481 e. The lowest BCUT2D eigenvalue weighted by Gasteiger charge is -2.31. The number of fused-ring (bicyclic) bond motifs is 1. The third-order valence-electron chi connectivity index (χ3n) is 8.60. The van der Waals surface area contributed by atoms with Crippen molar-refractivity contribution in [2.24, 2.45) is 14.1 Å². The summed E-state index contributed by atoms with van der Waals surface area (Å²) in [6, 6.07) is 10.3. The van der Waals surface area contributed by atoms with Crippen molar-refractivity contribution in [3.8, 4) is 28.3 Å². The summed E-state index contributed by atoms with van der Waals surface area (Å²) < 4.78 is 44.9. The summed E-state index contributed by atoms with van der Waals surface area (Å²) in [5.41, 5.74) is -0.000967. The first kappa shape index (κ1) is 31.3. The molecule has 1 saturated heterocycles. The van der Waals surface area contributed by atoms with E-state index in [1.54, 1.807) is 12.1 Å². The van der Waals surface area contributed by atoms with Gasteiger partial charge in [-0.25, -0.2) is 18.6 Å². The van der Waals surface area contributed by atoms with Crippen LogP contribution in [-0.4, -0.2) is 57.6 Å². The van der Waals surface area contributed by atoms with E-state index >= 15 is 8.78 Å². The van der Waals surface area contributed by atoms with Crippen LogP contribution >= 0.6 is 0 Å². The Bertz CT molecular complexity index is 1960. The van der Waals surface area contributed by atoms with Gasteiger partial charge in [-0.1, -0.05) is 24.3 Å². The number of hydrogen-bond acceptors (Lipinski definition) is 8. The van der Waals surface area contributed by atoms with E-state index in [0.29, 0.717) is 31.0 Å². The topological polar surface area (TPSA) is 137 Å². The molecule has 3 N–H and O–H groups in total. The fraction of sp³-hybridized carbons (Fsp3) is 0.333. The van der Waals surface area contributed by atoms with Crippen LogP contribution in [0.15, 0.2) is 58.3 Å². The van der Waals surface area contributed by atoms with Crippen molar-refractivity contribution in [3.63, 3.8) is 0 Å². The van der Waals surface area contributed by atoms with Crippen LogP contribution in [0.2, 0.25) is 0 Å². The predicted molar refractivity (Wildman–Crippen MR) is 166 cm³/mol. The predicted octanol–water partition coefficient (Wildman–Crippen LogP) is 3.08. The molecule has 240 valence electrons. The number of benzene rings is 2. The molecular formula is C33H33F2N5O6. The van der Waals surface area contributed by atoms with Crippen LogP contribution in [0.25, 0.3) is 22.4 Å². The van der Waals surface area contributed by atoms with Gasteiger partial charge < -0.3 is 29.8 Å². The minimum Gasteiger partial charge on any atom is -0.481 e. The van der Waals surface area contributed by atoms with Crippen molar-refractivity contribution in [2.45, 2.75) is 37.5 Å². The Hall–Kier alpha value is -4.72. The van der Waals surface area contributed by atoms with E-state index < -0.39 is 34.9 Å². The summed E-state index contributed by atoms with van der Waals surface area (Å²) >= 11 is 0. The Balaban J connectivity index is 1.31. The molecule has 0 spiro atoms. The average molecular weight is 634 g/mol. The number of aliphatic hydroxyl groups excluding tert-OH is 1. The van der Waals surface area contributed by atoms with Crippen LogP contribution < -0.4 is 26.6 Å². The third kappa shape index (κ3) is 5.61. The third-order valence-corrected chi connectivity index (χ3v) is 8.60. The van der Waals surface area contributed by atoms with E-state index in [-0.39, 0.29) is 46.6 Å². The molecule has 3 unspecified atom stereocenters. The van der Waals surface area contributed by atoms with Gasteiger partial charge in [0.2, 0.25) is 5.88 Å². The Kier molecular flexibility index (Phi) is 8.55. The zero-order chi connectivity index (χ0) is 32.7. The molecule has 1 aliphatic heterocycles. The van der Waals surface area contributed by atoms with Crippen LogP contribution in [0.5, 0.6) is 5.88 Å². The number of aryl methyl sites for hydroxylation is 2. The van der Waals surface area contributed by atoms with E-state index in [0.717, 1.165) is 32.9 Å². The lowest BCUT2D eigenvalue weighted by Crippen LogP contribution is -2.47. The summed E-state index contributed by atoms with van der Waals surface area (Å²) in [6.07, 6.45) is 2.56. The maximum absolute atomic E-state index is 16.2. The summed E-state index contributed by atoms with van der Waals surface area (Å²) in [5.74, 6) is -2.20. The smallest absolute Gasteiger partial charge is 0.330 e. The number of anilines is 1. The SMILES string of the molecule is COc1nc(-c2cccc(-c3cccc(NC(=O)c4cn(C)c(=O)n(C)c4=O)c3F)c2F)cc2c1C(NC1CCOCC1O)CC2. The lowest BCUT2D eigenvalue weighted by atomic mass is 9.98. The molecule has 2 aromatic heterocycles. The van der Waals surface area contributed by atoms with Crippen LogP contribution in [0.3, 0.4) is 0 Å². The molecule has 11 nitrogen and oxygen atoms in total. The Morgan fingerprint density at radius 3 is 2.52 bits per heavy atom. The first-order chi connectivity index (χ1) is 22.1. The van der Waals surface area contributed by atoms with E-state index in [1.807, 2.05) is 6.07 Å². The second-order valence-corrected chi connectivity index (χ2v) is 11.5. The van der Waals surface area contributed by atoms with Crippen molar-refractivity contribution in [1.82, 2.24) is 19.4 Å². The number of carbonyl (C=O) groups excluding carboxylic acids is 1. The second-order valence-electron chi connectivity index (χ2n) is 11.5. The zero-order valence-electron chi connectivity index (χ0n) is 25.5. The monoisotopic (exact) mass is 633 g/mol. The van der Waals surface area contributed by atoms with E-state index in [9.17, 15) is 19.5 Å². The van der Waals surface area contributed by atoms with Gasteiger partial charge in [-0.2, -0.15) is 0 Å². The molecule has 46 heavy (non-hydrogen) atoms. The molecule has 4 aromatic rings. The van der Waals surface area contributed by atoms with Crippen LogP contribution in [0.1, 0.15) is 40.4 Å². The van der Waals surface area contributed by atoms with Gasteiger partial charge in [0.1, 0.15) is 11.4 Å². The Morgan fingerprint density at radius 2 is 1.78 bits per heavy atom. The van der Waals surface area contributed by atoms with Crippen LogP contribution in [-0.2, 0) is 25.3 Å². The summed E-state index contributed by atoms with van der Waals surface area (Å²) in [5, 5.41) is 16.3.